The summed E-state index contributed by atoms with van der Waals surface area (Å²) in [6, 6.07) is 0. The first-order valence-corrected chi connectivity index (χ1v) is 4.24. The lowest BCUT2D eigenvalue weighted by atomic mass is 10.5. The van der Waals surface area contributed by atoms with Crippen LogP contribution in [0.3, 0.4) is 0 Å². The quantitative estimate of drug-likeness (QED) is 0.732. The van der Waals surface area contributed by atoms with E-state index in [4.69, 9.17) is 0 Å². The summed E-state index contributed by atoms with van der Waals surface area (Å²) < 4.78 is 58.9. The Hall–Kier alpha value is -0.340. The molecule has 0 aromatic carbocycles. The molecule has 0 fully saturated rings. The lowest BCUT2D eigenvalue weighted by Crippen LogP contribution is -2.31. The van der Waals surface area contributed by atoms with Crippen LogP contribution in [0.1, 0.15) is 6.42 Å². The molecular formula is C4H7F3NO3S. The van der Waals surface area contributed by atoms with Crippen molar-refractivity contribution >= 4 is 10.3 Å². The van der Waals surface area contributed by atoms with Gasteiger partial charge in [0.25, 0.3) is 0 Å². The second-order valence-electron chi connectivity index (χ2n) is 1.73. The van der Waals surface area contributed by atoms with Gasteiger partial charge in [-0.2, -0.15) is 17.3 Å². The van der Waals surface area contributed by atoms with Gasteiger partial charge in [0.1, 0.15) is 0 Å². The topological polar surface area (TPSA) is 55.4 Å². The Balaban J connectivity index is 4.06. The smallest absolute Gasteiger partial charge is 0.192 e. The van der Waals surface area contributed by atoms with Gasteiger partial charge in [-0.1, -0.05) is 6.92 Å². The molecule has 12 heavy (non-hydrogen) atoms. The van der Waals surface area contributed by atoms with Crippen molar-refractivity contribution < 1.29 is 25.8 Å². The summed E-state index contributed by atoms with van der Waals surface area (Å²) in [6.07, 6.45) is -5.05. The largest absolute Gasteiger partial charge is 0.538 e. The van der Waals surface area contributed by atoms with E-state index in [0.717, 1.165) is 0 Å². The summed E-state index contributed by atoms with van der Waals surface area (Å²) in [7, 11) is -4.72. The molecule has 1 radical (unpaired) electrons. The van der Waals surface area contributed by atoms with Crippen molar-refractivity contribution in [1.82, 2.24) is 4.72 Å². The van der Waals surface area contributed by atoms with E-state index >= 15 is 0 Å². The Morgan fingerprint density at radius 1 is 1.42 bits per heavy atom. The van der Waals surface area contributed by atoms with Crippen molar-refractivity contribution in [2.24, 2.45) is 0 Å². The lowest BCUT2D eigenvalue weighted by Gasteiger charge is -2.07. The first-order chi connectivity index (χ1) is 5.27. The zero-order chi connectivity index (χ0) is 9.83. The van der Waals surface area contributed by atoms with Crippen LogP contribution in [0, 0.1) is 6.92 Å². The second-order valence-corrected chi connectivity index (χ2v) is 3.09. The minimum Gasteiger partial charge on any atom is -0.192 e. The normalized spacial score (nSPS) is 13.3. The molecule has 1 N–H and O–H groups in total. The van der Waals surface area contributed by atoms with Crippen LogP contribution in [0.2, 0.25) is 0 Å². The van der Waals surface area contributed by atoms with Crippen molar-refractivity contribution in [3.8, 4) is 0 Å². The van der Waals surface area contributed by atoms with E-state index in [-0.39, 0.29) is 13.0 Å². The van der Waals surface area contributed by atoms with E-state index in [0.29, 0.717) is 0 Å². The summed E-state index contributed by atoms with van der Waals surface area (Å²) in [5.41, 5.74) is 0. The van der Waals surface area contributed by atoms with Crippen LogP contribution >= 0.6 is 0 Å². The van der Waals surface area contributed by atoms with E-state index in [2.05, 4.69) is 11.1 Å². The van der Waals surface area contributed by atoms with Gasteiger partial charge in [0.2, 0.25) is 0 Å². The fraction of sp³-hybridized carbons (Fsp3) is 0.750. The van der Waals surface area contributed by atoms with Crippen LogP contribution < -0.4 is 4.72 Å². The maximum Gasteiger partial charge on any atom is 0.538 e. The summed E-state index contributed by atoms with van der Waals surface area (Å²) in [6.45, 7) is 3.03. The Morgan fingerprint density at radius 2 is 1.92 bits per heavy atom. The fourth-order valence-corrected chi connectivity index (χ4v) is 1.05. The highest BCUT2D eigenvalue weighted by molar-refractivity contribution is 7.84. The Morgan fingerprint density at radius 3 is 2.25 bits per heavy atom. The van der Waals surface area contributed by atoms with Crippen molar-refractivity contribution in [2.75, 3.05) is 6.54 Å². The average molecular weight is 206 g/mol. The highest BCUT2D eigenvalue weighted by Crippen LogP contribution is 2.18. The summed E-state index contributed by atoms with van der Waals surface area (Å²) in [4.78, 5) is 0. The van der Waals surface area contributed by atoms with Crippen molar-refractivity contribution in [3.05, 3.63) is 6.92 Å². The number of hydrogen-bond acceptors (Lipinski definition) is 3. The first kappa shape index (κ1) is 11.7. The molecule has 0 amide bonds. The molecule has 0 unspecified atom stereocenters. The number of rotatable bonds is 4. The second kappa shape index (κ2) is 4.06. The van der Waals surface area contributed by atoms with Crippen LogP contribution in [0.5, 0.6) is 0 Å². The van der Waals surface area contributed by atoms with Gasteiger partial charge in [-0.25, -0.2) is 0 Å². The molecule has 0 aliphatic carbocycles. The Labute approximate surface area is 68.0 Å². The van der Waals surface area contributed by atoms with Gasteiger partial charge in [-0.3, -0.25) is 0 Å². The van der Waals surface area contributed by atoms with Crippen LogP contribution in [0.15, 0.2) is 0 Å². The summed E-state index contributed by atoms with van der Waals surface area (Å²) >= 11 is 0. The van der Waals surface area contributed by atoms with E-state index < -0.39 is 16.7 Å². The molecule has 0 saturated heterocycles. The van der Waals surface area contributed by atoms with Gasteiger partial charge in [-0.05, 0) is 6.42 Å². The predicted molar refractivity (Wildman–Crippen MR) is 34.0 cm³/mol. The molecule has 73 valence electrons. The Kier molecular flexibility index (Phi) is 3.94. The van der Waals surface area contributed by atoms with Crippen LogP contribution in [-0.4, -0.2) is 21.3 Å². The molecule has 0 aromatic rings. The highest BCUT2D eigenvalue weighted by atomic mass is 32.2. The molecule has 0 aliphatic heterocycles. The van der Waals surface area contributed by atoms with E-state index in [9.17, 15) is 21.6 Å². The number of nitrogens with one attached hydrogen (secondary N) is 1. The van der Waals surface area contributed by atoms with E-state index in [1.807, 2.05) is 0 Å². The van der Waals surface area contributed by atoms with Crippen LogP contribution in [-0.2, 0) is 14.5 Å². The fourth-order valence-electron chi connectivity index (χ4n) is 0.351. The molecule has 0 rings (SSSR count). The summed E-state index contributed by atoms with van der Waals surface area (Å²) in [5, 5.41) is 0. The minimum absolute atomic E-state index is 0.139. The first-order valence-electron chi connectivity index (χ1n) is 2.83. The lowest BCUT2D eigenvalue weighted by molar-refractivity contribution is -0.272. The monoisotopic (exact) mass is 206 g/mol. The van der Waals surface area contributed by atoms with E-state index in [1.165, 1.54) is 4.72 Å². The van der Waals surface area contributed by atoms with Gasteiger partial charge in [0.05, 0.1) is 0 Å². The zero-order valence-corrected chi connectivity index (χ0v) is 6.70. The average Bonchev–Trinajstić information content (AvgIpc) is 1.78. The molecule has 0 saturated carbocycles. The number of alkyl halides is 3. The van der Waals surface area contributed by atoms with Gasteiger partial charge in [-0.15, -0.1) is 13.2 Å². The standard InChI is InChI=1S/C4H7F3NO3S/c1-2-3-8-12(9,10)11-4(5,6)7/h8H,1-3H2. The molecule has 0 aliphatic rings. The van der Waals surface area contributed by atoms with Crippen LogP contribution in [0.4, 0.5) is 13.2 Å². The maximum atomic E-state index is 11.3. The number of hydrogen-bond donors (Lipinski definition) is 1. The van der Waals surface area contributed by atoms with Gasteiger partial charge >= 0.3 is 16.7 Å². The highest BCUT2D eigenvalue weighted by Gasteiger charge is 2.36. The number of halogens is 3. The molecule has 4 nitrogen and oxygen atoms in total. The van der Waals surface area contributed by atoms with Gasteiger partial charge < -0.3 is 0 Å². The SMILES string of the molecule is [CH2]CCNS(=O)(=O)OC(F)(F)F. The molecule has 8 heteroatoms. The maximum absolute atomic E-state index is 11.3. The van der Waals surface area contributed by atoms with Gasteiger partial charge in [0.15, 0.2) is 0 Å². The molecule has 0 spiro atoms. The third kappa shape index (κ3) is 6.38. The van der Waals surface area contributed by atoms with Crippen molar-refractivity contribution in [2.45, 2.75) is 12.8 Å². The minimum atomic E-state index is -5.19. The molecule has 0 atom stereocenters. The predicted octanol–water partition coefficient (Wildman–Crippen LogP) is 0.581. The molecule has 0 aromatic heterocycles. The van der Waals surface area contributed by atoms with Crippen LogP contribution in [0.25, 0.3) is 0 Å². The zero-order valence-electron chi connectivity index (χ0n) is 5.89. The Bertz CT molecular complexity index is 222. The summed E-state index contributed by atoms with van der Waals surface area (Å²) in [5.74, 6) is 0. The van der Waals surface area contributed by atoms with Crippen molar-refractivity contribution in [1.29, 1.82) is 0 Å². The third-order valence-corrected chi connectivity index (χ3v) is 1.63. The molecule has 0 heterocycles. The third-order valence-electron chi connectivity index (χ3n) is 0.660. The van der Waals surface area contributed by atoms with Gasteiger partial charge in [0, 0.05) is 6.54 Å². The molecular weight excluding hydrogens is 199 g/mol. The van der Waals surface area contributed by atoms with Crippen molar-refractivity contribution in [3.63, 3.8) is 0 Å². The molecule has 0 bridgehead atoms. The van der Waals surface area contributed by atoms with E-state index in [1.54, 1.807) is 0 Å².